The number of primary sulfonamides is 1. The Kier molecular flexibility index (Phi) is 3.47. The summed E-state index contributed by atoms with van der Waals surface area (Å²) in [6.07, 6.45) is 0.199. The lowest BCUT2D eigenvalue weighted by atomic mass is 10.1. The average molecular weight is 272 g/mol. The van der Waals surface area contributed by atoms with Crippen LogP contribution in [0.1, 0.15) is 0 Å². The zero-order chi connectivity index (χ0) is 13.3. The van der Waals surface area contributed by atoms with E-state index in [1.165, 1.54) is 13.2 Å². The molecule has 6 nitrogen and oxygen atoms in total. The Hall–Kier alpha value is -1.31. The highest BCUT2D eigenvalue weighted by Gasteiger charge is 2.28. The van der Waals surface area contributed by atoms with Crippen LogP contribution in [0.15, 0.2) is 23.1 Å². The number of rotatable bonds is 4. The molecule has 1 aromatic rings. The van der Waals surface area contributed by atoms with Gasteiger partial charge in [-0.15, -0.1) is 0 Å². The van der Waals surface area contributed by atoms with Crippen LogP contribution < -0.4 is 14.8 Å². The number of anilines is 1. The first-order valence-electron chi connectivity index (χ1n) is 5.44. The maximum atomic E-state index is 11.5. The third-order valence-corrected chi connectivity index (χ3v) is 3.93. The van der Waals surface area contributed by atoms with E-state index in [4.69, 9.17) is 14.6 Å². The van der Waals surface area contributed by atoms with E-state index < -0.39 is 10.0 Å². The average Bonchev–Trinajstić information content (AvgIpc) is 2.26. The van der Waals surface area contributed by atoms with E-state index in [0.29, 0.717) is 0 Å². The third-order valence-electron chi connectivity index (χ3n) is 3.00. The Morgan fingerprint density at radius 2 is 2.00 bits per heavy atom. The predicted octanol–water partition coefficient (Wildman–Crippen LogP) is 0.178. The van der Waals surface area contributed by atoms with Gasteiger partial charge in [0.1, 0.15) is 10.6 Å². The van der Waals surface area contributed by atoms with Crippen LogP contribution in [0.25, 0.3) is 0 Å². The molecule has 0 radical (unpaired) electrons. The largest absolute Gasteiger partial charge is 0.495 e. The lowest BCUT2D eigenvalue weighted by molar-refractivity contribution is 0.0787. The van der Waals surface area contributed by atoms with Crippen LogP contribution in [-0.2, 0) is 14.8 Å². The molecule has 1 heterocycles. The van der Waals surface area contributed by atoms with Gasteiger partial charge >= 0.3 is 0 Å². The van der Waals surface area contributed by atoms with Crippen molar-refractivity contribution in [2.75, 3.05) is 32.2 Å². The molecule has 1 aromatic carbocycles. The van der Waals surface area contributed by atoms with Gasteiger partial charge in [-0.3, -0.25) is 0 Å². The smallest absolute Gasteiger partial charge is 0.241 e. The van der Waals surface area contributed by atoms with E-state index in [1.807, 2.05) is 4.90 Å². The second-order valence-corrected chi connectivity index (χ2v) is 5.67. The van der Waals surface area contributed by atoms with Gasteiger partial charge < -0.3 is 14.4 Å². The van der Waals surface area contributed by atoms with Crippen LogP contribution in [0, 0.1) is 0 Å². The second-order valence-electron chi connectivity index (χ2n) is 4.14. The van der Waals surface area contributed by atoms with E-state index in [1.54, 1.807) is 19.2 Å². The molecule has 0 unspecified atom stereocenters. The van der Waals surface area contributed by atoms with Crippen LogP contribution in [0.3, 0.4) is 0 Å². The summed E-state index contributed by atoms with van der Waals surface area (Å²) in [6, 6.07) is 4.94. The lowest BCUT2D eigenvalue weighted by Crippen LogP contribution is -2.51. The predicted molar refractivity (Wildman–Crippen MR) is 67.4 cm³/mol. The van der Waals surface area contributed by atoms with Crippen LogP contribution in [0.2, 0.25) is 0 Å². The molecular formula is C11H16N2O4S. The monoisotopic (exact) mass is 272 g/mol. The molecule has 0 amide bonds. The van der Waals surface area contributed by atoms with Crippen molar-refractivity contribution in [3.63, 3.8) is 0 Å². The molecule has 100 valence electrons. The van der Waals surface area contributed by atoms with Crippen molar-refractivity contribution in [3.8, 4) is 5.75 Å². The van der Waals surface area contributed by atoms with Gasteiger partial charge in [0.2, 0.25) is 10.0 Å². The fraction of sp³-hybridized carbons (Fsp3) is 0.455. The van der Waals surface area contributed by atoms with Gasteiger partial charge in [0.25, 0.3) is 0 Å². The number of benzene rings is 1. The van der Waals surface area contributed by atoms with E-state index in [-0.39, 0.29) is 16.7 Å². The zero-order valence-corrected chi connectivity index (χ0v) is 11.1. The highest BCUT2D eigenvalue weighted by molar-refractivity contribution is 7.89. The van der Waals surface area contributed by atoms with Gasteiger partial charge in [-0.1, -0.05) is 0 Å². The third kappa shape index (κ3) is 2.43. The fourth-order valence-electron chi connectivity index (χ4n) is 1.88. The summed E-state index contributed by atoms with van der Waals surface area (Å²) in [5.74, 6) is 0.255. The minimum atomic E-state index is -3.79. The molecule has 1 saturated heterocycles. The van der Waals surface area contributed by atoms with E-state index >= 15 is 0 Å². The lowest BCUT2D eigenvalue weighted by Gasteiger charge is -2.40. The Bertz CT molecular complexity index is 538. The van der Waals surface area contributed by atoms with Gasteiger partial charge in [-0.05, 0) is 18.2 Å². The SMILES string of the molecule is COc1ccc(N2CC(OC)C2)cc1S(N)(=O)=O. The molecule has 1 aliphatic heterocycles. The number of nitrogens with two attached hydrogens (primary N) is 1. The minimum Gasteiger partial charge on any atom is -0.495 e. The van der Waals surface area contributed by atoms with Gasteiger partial charge in [-0.2, -0.15) is 0 Å². The number of hydrogen-bond acceptors (Lipinski definition) is 5. The Morgan fingerprint density at radius 3 is 2.50 bits per heavy atom. The minimum absolute atomic E-state index is 0.00312. The van der Waals surface area contributed by atoms with Crippen molar-refractivity contribution in [2.24, 2.45) is 5.14 Å². The first kappa shape index (κ1) is 13.1. The Labute approximate surface area is 106 Å². The molecule has 1 aliphatic rings. The second kappa shape index (κ2) is 4.75. The van der Waals surface area contributed by atoms with Crippen molar-refractivity contribution < 1.29 is 17.9 Å². The Morgan fingerprint density at radius 1 is 1.33 bits per heavy atom. The molecule has 2 N–H and O–H groups in total. The molecule has 2 rings (SSSR count). The van der Waals surface area contributed by atoms with Gasteiger partial charge in [0.05, 0.1) is 13.2 Å². The van der Waals surface area contributed by atoms with Crippen LogP contribution >= 0.6 is 0 Å². The van der Waals surface area contributed by atoms with Crippen LogP contribution in [0.5, 0.6) is 5.75 Å². The number of ether oxygens (including phenoxy) is 2. The van der Waals surface area contributed by atoms with Gasteiger partial charge in [-0.25, -0.2) is 13.6 Å². The molecule has 0 aromatic heterocycles. The van der Waals surface area contributed by atoms with E-state index in [0.717, 1.165) is 18.8 Å². The number of hydrogen-bond donors (Lipinski definition) is 1. The highest BCUT2D eigenvalue weighted by Crippen LogP contribution is 2.30. The Balaban J connectivity index is 2.30. The molecule has 1 fully saturated rings. The summed E-state index contributed by atoms with van der Waals surface area (Å²) in [5, 5.41) is 5.16. The molecule has 0 atom stereocenters. The van der Waals surface area contributed by atoms with Gasteiger partial charge in [0, 0.05) is 25.9 Å². The first-order valence-corrected chi connectivity index (χ1v) is 6.99. The van der Waals surface area contributed by atoms with Crippen LogP contribution in [-0.4, -0.2) is 41.8 Å². The molecule has 7 heteroatoms. The summed E-state index contributed by atoms with van der Waals surface area (Å²) in [5.41, 5.74) is 0.799. The summed E-state index contributed by atoms with van der Waals surface area (Å²) in [6.45, 7) is 1.49. The number of methoxy groups -OCH3 is 2. The molecular weight excluding hydrogens is 256 g/mol. The number of nitrogens with zero attached hydrogens (tertiary/aromatic N) is 1. The summed E-state index contributed by atoms with van der Waals surface area (Å²) in [4.78, 5) is 2.02. The van der Waals surface area contributed by atoms with Crippen molar-refractivity contribution in [3.05, 3.63) is 18.2 Å². The van der Waals surface area contributed by atoms with E-state index in [9.17, 15) is 8.42 Å². The number of sulfonamides is 1. The van der Waals surface area contributed by atoms with Crippen LogP contribution in [0.4, 0.5) is 5.69 Å². The fourth-order valence-corrected chi connectivity index (χ4v) is 2.60. The van der Waals surface area contributed by atoms with Crippen molar-refractivity contribution in [1.29, 1.82) is 0 Å². The van der Waals surface area contributed by atoms with Crippen molar-refractivity contribution >= 4 is 15.7 Å². The molecule has 18 heavy (non-hydrogen) atoms. The topological polar surface area (TPSA) is 81.9 Å². The van der Waals surface area contributed by atoms with E-state index in [2.05, 4.69) is 0 Å². The molecule has 0 saturated carbocycles. The normalized spacial score (nSPS) is 16.5. The maximum absolute atomic E-state index is 11.5. The summed E-state index contributed by atoms with van der Waals surface area (Å²) in [7, 11) is -0.718. The van der Waals surface area contributed by atoms with Crippen molar-refractivity contribution in [2.45, 2.75) is 11.0 Å². The first-order chi connectivity index (χ1) is 8.45. The molecule has 0 spiro atoms. The molecule has 0 aliphatic carbocycles. The quantitative estimate of drug-likeness (QED) is 0.845. The summed E-state index contributed by atoms with van der Waals surface area (Å²) < 4.78 is 33.1. The van der Waals surface area contributed by atoms with Crippen molar-refractivity contribution in [1.82, 2.24) is 0 Å². The maximum Gasteiger partial charge on any atom is 0.241 e. The zero-order valence-electron chi connectivity index (χ0n) is 10.3. The van der Waals surface area contributed by atoms with Gasteiger partial charge in [0.15, 0.2) is 0 Å². The summed E-state index contributed by atoms with van der Waals surface area (Å²) >= 11 is 0. The standard InChI is InChI=1S/C11H16N2O4S/c1-16-9-6-13(7-9)8-3-4-10(17-2)11(5-8)18(12,14)15/h3-5,9H,6-7H2,1-2H3,(H2,12,14,15). The highest BCUT2D eigenvalue weighted by atomic mass is 32.2. The molecule has 0 bridgehead atoms.